The third-order valence-corrected chi connectivity index (χ3v) is 10.6. The Bertz CT molecular complexity index is 1700. The molecule has 44 heavy (non-hydrogen) atoms. The van der Waals surface area contributed by atoms with Crippen LogP contribution in [0.4, 0.5) is 14.6 Å². The molecule has 3 aliphatic heterocycles. The molecular formula is C32H37ClF2N6O2S. The molecule has 4 heterocycles. The molecule has 2 fully saturated rings. The number of hydrogen-bond acceptors (Lipinski definition) is 7. The second kappa shape index (κ2) is 12.1. The van der Waals surface area contributed by atoms with Gasteiger partial charge in [0.1, 0.15) is 17.5 Å². The fourth-order valence-corrected chi connectivity index (χ4v) is 8.55. The summed E-state index contributed by atoms with van der Waals surface area (Å²) < 4.78 is 31.3. The molecule has 0 aliphatic carbocycles. The van der Waals surface area contributed by atoms with Crippen LogP contribution < -0.4 is 10.6 Å². The molecule has 3 atom stereocenters. The Labute approximate surface area is 265 Å². The first kappa shape index (κ1) is 31.0. The predicted octanol–water partition coefficient (Wildman–Crippen LogP) is 4.81. The number of aryl methyl sites for hydroxylation is 1. The maximum atomic E-state index is 15.4. The largest absolute Gasteiger partial charge is 0.352 e. The number of halogens is 3. The highest BCUT2D eigenvalue weighted by Crippen LogP contribution is 2.47. The van der Waals surface area contributed by atoms with Crippen LogP contribution in [0, 0.1) is 18.6 Å². The third-order valence-electron chi connectivity index (χ3n) is 9.12. The molecule has 3 aromatic rings. The molecule has 0 spiro atoms. The van der Waals surface area contributed by atoms with Crippen molar-refractivity contribution < 1.29 is 13.6 Å². The number of carbonyl (C=O) groups excluding carboxylic acids is 1. The first-order valence-corrected chi connectivity index (χ1v) is 16.3. The number of piperazine rings is 2. The van der Waals surface area contributed by atoms with Gasteiger partial charge in [-0.1, -0.05) is 18.2 Å². The zero-order valence-corrected chi connectivity index (χ0v) is 27.0. The molecule has 1 amide bonds. The summed E-state index contributed by atoms with van der Waals surface area (Å²) in [5, 5.41) is 0.637. The van der Waals surface area contributed by atoms with E-state index in [0.717, 1.165) is 48.1 Å². The summed E-state index contributed by atoms with van der Waals surface area (Å²) in [4.78, 5) is 40.7. The lowest BCUT2D eigenvalue weighted by molar-refractivity contribution is -0.130. The van der Waals surface area contributed by atoms with Crippen LogP contribution in [0.5, 0.6) is 0 Å². The van der Waals surface area contributed by atoms with E-state index >= 15 is 4.39 Å². The quantitative estimate of drug-likeness (QED) is 0.293. The van der Waals surface area contributed by atoms with E-state index < -0.39 is 11.6 Å². The van der Waals surface area contributed by atoms with Gasteiger partial charge in [0.15, 0.2) is 0 Å². The van der Waals surface area contributed by atoms with Crippen molar-refractivity contribution in [3.63, 3.8) is 0 Å². The zero-order chi connectivity index (χ0) is 31.4. The minimum absolute atomic E-state index is 0.127. The van der Waals surface area contributed by atoms with Gasteiger partial charge in [-0.15, -0.1) is 11.8 Å². The van der Waals surface area contributed by atoms with E-state index in [0.29, 0.717) is 42.3 Å². The van der Waals surface area contributed by atoms with E-state index in [2.05, 4.69) is 28.3 Å². The Morgan fingerprint density at radius 3 is 2.45 bits per heavy atom. The Balaban J connectivity index is 1.53. The molecule has 12 heteroatoms. The number of carbonyl (C=O) groups is 1. The van der Waals surface area contributed by atoms with Gasteiger partial charge in [-0.05, 0) is 51.6 Å². The number of hydrogen-bond donors (Lipinski definition) is 0. The van der Waals surface area contributed by atoms with Gasteiger partial charge in [0.2, 0.25) is 5.91 Å². The number of thioether (sulfide) groups is 1. The highest BCUT2D eigenvalue weighted by atomic mass is 35.5. The van der Waals surface area contributed by atoms with Crippen LogP contribution in [0.15, 0.2) is 40.5 Å². The molecule has 1 unspecified atom stereocenters. The van der Waals surface area contributed by atoms with Crippen LogP contribution in [-0.4, -0.2) is 101 Å². The first-order chi connectivity index (χ1) is 21.0. The van der Waals surface area contributed by atoms with Crippen molar-refractivity contribution in [2.45, 2.75) is 43.8 Å². The summed E-state index contributed by atoms with van der Waals surface area (Å²) >= 11 is 7.74. The molecule has 1 aromatic heterocycles. The van der Waals surface area contributed by atoms with Crippen molar-refractivity contribution in [2.24, 2.45) is 0 Å². The molecule has 3 aliphatic rings. The molecule has 234 valence electrons. The summed E-state index contributed by atoms with van der Waals surface area (Å²) in [6.45, 7) is 14.9. The van der Waals surface area contributed by atoms with Crippen molar-refractivity contribution in [3.8, 4) is 11.1 Å². The molecule has 0 N–H and O–H groups in total. The number of nitrogens with zero attached hydrogens (tertiary/aromatic N) is 6. The number of amides is 1. The van der Waals surface area contributed by atoms with Gasteiger partial charge in [0.25, 0.3) is 0 Å². The van der Waals surface area contributed by atoms with Crippen molar-refractivity contribution in [1.29, 1.82) is 0 Å². The fraction of sp³-hybridized carbons (Fsp3) is 0.469. The van der Waals surface area contributed by atoms with Crippen LogP contribution in [0.25, 0.3) is 22.0 Å². The average Bonchev–Trinajstić information content (AvgIpc) is 2.98. The van der Waals surface area contributed by atoms with E-state index in [1.54, 1.807) is 16.3 Å². The predicted molar refractivity (Wildman–Crippen MR) is 173 cm³/mol. The molecular weight excluding hydrogens is 606 g/mol. The normalized spacial score (nSPS) is 22.9. The van der Waals surface area contributed by atoms with Crippen molar-refractivity contribution in [3.05, 3.63) is 63.6 Å². The van der Waals surface area contributed by atoms with Gasteiger partial charge >= 0.3 is 5.69 Å². The van der Waals surface area contributed by atoms with Gasteiger partial charge in [-0.25, -0.2) is 13.6 Å². The highest BCUT2D eigenvalue weighted by molar-refractivity contribution is 7.99. The highest BCUT2D eigenvalue weighted by Gasteiger charge is 2.36. The average molecular weight is 643 g/mol. The van der Waals surface area contributed by atoms with Crippen LogP contribution in [-0.2, 0) is 4.79 Å². The van der Waals surface area contributed by atoms with Gasteiger partial charge < -0.3 is 14.7 Å². The lowest BCUT2D eigenvalue weighted by atomic mass is 9.96. The van der Waals surface area contributed by atoms with Crippen LogP contribution >= 0.6 is 23.4 Å². The molecule has 0 bridgehead atoms. The van der Waals surface area contributed by atoms with Crippen molar-refractivity contribution >= 4 is 46.0 Å². The number of likely N-dealkylation sites (N-methyl/N-ethyl adjacent to an activating group) is 1. The monoisotopic (exact) mass is 642 g/mol. The minimum atomic E-state index is -0.819. The molecule has 8 nitrogen and oxygen atoms in total. The summed E-state index contributed by atoms with van der Waals surface area (Å²) in [6, 6.07) is 3.70. The zero-order valence-electron chi connectivity index (χ0n) is 25.4. The van der Waals surface area contributed by atoms with Crippen LogP contribution in [0.3, 0.4) is 0 Å². The maximum absolute atomic E-state index is 15.4. The summed E-state index contributed by atoms with van der Waals surface area (Å²) in [6.07, 6.45) is 1.33. The molecule has 0 radical (unpaired) electrons. The summed E-state index contributed by atoms with van der Waals surface area (Å²) in [5.74, 6) is -0.489. The Morgan fingerprint density at radius 2 is 1.80 bits per heavy atom. The summed E-state index contributed by atoms with van der Waals surface area (Å²) in [7, 11) is 2.11. The van der Waals surface area contributed by atoms with Crippen molar-refractivity contribution in [1.82, 2.24) is 24.3 Å². The minimum Gasteiger partial charge on any atom is -0.352 e. The lowest BCUT2D eigenvalue weighted by Gasteiger charge is -2.45. The fourth-order valence-electron chi connectivity index (χ4n) is 7.01. The van der Waals surface area contributed by atoms with Crippen molar-refractivity contribution in [2.75, 3.05) is 63.5 Å². The Kier molecular flexibility index (Phi) is 8.51. The van der Waals surface area contributed by atoms with E-state index in [1.807, 2.05) is 31.7 Å². The molecule has 0 saturated carbocycles. The topological polar surface area (TPSA) is 64.9 Å². The van der Waals surface area contributed by atoms with E-state index in [9.17, 15) is 14.0 Å². The molecule has 2 saturated heterocycles. The SMILES string of the molecule is C=CC(=O)N1[C@H](C)CN(c2nc(=O)n3c4c(c(-c5cc(Cl)c(F)cc5F)c(C)cc24)SCC3CN2CCN(C)CC2)C[C@@H]1C. The molecule has 6 rings (SSSR count). The van der Waals surface area contributed by atoms with Gasteiger partial charge in [0.05, 0.1) is 16.6 Å². The number of benzene rings is 2. The van der Waals surface area contributed by atoms with Gasteiger partial charge in [0, 0.05) is 91.1 Å². The lowest BCUT2D eigenvalue weighted by Crippen LogP contribution is -2.58. The number of rotatable bonds is 5. The second-order valence-corrected chi connectivity index (χ2v) is 13.7. The number of aromatic nitrogens is 2. The molecule has 2 aromatic carbocycles. The third kappa shape index (κ3) is 5.42. The maximum Gasteiger partial charge on any atom is 0.350 e. The first-order valence-electron chi connectivity index (χ1n) is 15.0. The second-order valence-electron chi connectivity index (χ2n) is 12.2. The van der Waals surface area contributed by atoms with Gasteiger partial charge in [-0.2, -0.15) is 4.98 Å². The van der Waals surface area contributed by atoms with Crippen LogP contribution in [0.2, 0.25) is 5.02 Å². The Morgan fingerprint density at radius 1 is 1.11 bits per heavy atom. The van der Waals surface area contributed by atoms with E-state index in [-0.39, 0.29) is 40.3 Å². The number of anilines is 1. The van der Waals surface area contributed by atoms with Gasteiger partial charge in [-0.3, -0.25) is 14.3 Å². The smallest absolute Gasteiger partial charge is 0.350 e. The van der Waals surface area contributed by atoms with E-state index in [1.165, 1.54) is 12.1 Å². The standard InChI is InChI=1S/C32H37ClF2N6O2S/c1-6-27(42)40-19(3)14-39(15-20(40)4)31-23-11-18(2)28(22-12-24(33)26(35)13-25(22)34)30-29(23)41(32(43)36-31)21(17-44-30)16-38-9-7-37(5)8-10-38/h6,11-13,19-21H,1,7-10,14-17H2,2-5H3/t19-,20+,21?. The summed E-state index contributed by atoms with van der Waals surface area (Å²) in [5.41, 5.74) is 1.93. The van der Waals surface area contributed by atoms with Crippen LogP contribution in [0.1, 0.15) is 25.5 Å². The Hall–Kier alpha value is -2.99. The van der Waals surface area contributed by atoms with E-state index in [4.69, 9.17) is 16.6 Å².